The number of hydrogen-bond acceptors (Lipinski definition) is 2. The summed E-state index contributed by atoms with van der Waals surface area (Å²) in [6.07, 6.45) is 2.77. The first-order valence-electron chi connectivity index (χ1n) is 6.39. The van der Waals surface area contributed by atoms with Crippen LogP contribution in [0.15, 0.2) is 0 Å². The largest absolute Gasteiger partial charge is 0.309 e. The summed E-state index contributed by atoms with van der Waals surface area (Å²) in [7, 11) is 4.37. The smallest absolute Gasteiger partial charge is 0.00899 e. The second kappa shape index (κ2) is 5.86. The lowest BCUT2D eigenvalue weighted by Gasteiger charge is -2.38. The van der Waals surface area contributed by atoms with Crippen LogP contribution in [0.5, 0.6) is 0 Å². The topological polar surface area (TPSA) is 6.48 Å². The normalized spacial score (nSPS) is 22.6. The third-order valence-electron chi connectivity index (χ3n) is 3.81. The van der Waals surface area contributed by atoms with E-state index in [0.29, 0.717) is 0 Å². The van der Waals surface area contributed by atoms with Crippen molar-refractivity contribution in [3.8, 4) is 0 Å². The van der Waals surface area contributed by atoms with Gasteiger partial charge in [0.2, 0.25) is 0 Å². The van der Waals surface area contributed by atoms with E-state index in [2.05, 4.69) is 44.7 Å². The van der Waals surface area contributed by atoms with Crippen LogP contribution < -0.4 is 0 Å². The Hall–Kier alpha value is -0.0800. The second-order valence-corrected chi connectivity index (χ2v) is 5.73. The molecule has 90 valence electrons. The first-order valence-corrected chi connectivity index (χ1v) is 6.39. The van der Waals surface area contributed by atoms with Crippen LogP contribution in [0.3, 0.4) is 0 Å². The highest BCUT2D eigenvalue weighted by Crippen LogP contribution is 2.21. The van der Waals surface area contributed by atoms with Gasteiger partial charge in [-0.05, 0) is 58.8 Å². The van der Waals surface area contributed by atoms with E-state index in [1.165, 1.54) is 32.5 Å². The van der Waals surface area contributed by atoms with Gasteiger partial charge in [-0.3, -0.25) is 0 Å². The molecule has 1 aliphatic heterocycles. The molecule has 15 heavy (non-hydrogen) atoms. The van der Waals surface area contributed by atoms with Crippen molar-refractivity contribution >= 4 is 0 Å². The molecular weight excluding hydrogens is 184 g/mol. The summed E-state index contributed by atoms with van der Waals surface area (Å²) in [6, 6.07) is 0.755. The van der Waals surface area contributed by atoms with Crippen molar-refractivity contribution in [3.63, 3.8) is 0 Å². The Morgan fingerprint density at radius 3 is 2.07 bits per heavy atom. The fourth-order valence-corrected chi connectivity index (χ4v) is 2.48. The van der Waals surface area contributed by atoms with E-state index < -0.39 is 0 Å². The van der Waals surface area contributed by atoms with Gasteiger partial charge in [0.05, 0.1) is 0 Å². The minimum atomic E-state index is 0.755. The summed E-state index contributed by atoms with van der Waals surface area (Å²) in [6.45, 7) is 10.9. The van der Waals surface area contributed by atoms with Crippen LogP contribution in [0.1, 0.15) is 33.6 Å². The number of rotatable bonds is 4. The Balaban J connectivity index is 2.29. The van der Waals surface area contributed by atoms with Crippen LogP contribution in [-0.4, -0.2) is 49.6 Å². The Morgan fingerprint density at radius 1 is 1.13 bits per heavy atom. The third-order valence-corrected chi connectivity index (χ3v) is 3.81. The first-order chi connectivity index (χ1) is 7.00. The molecule has 0 aromatic carbocycles. The molecule has 1 unspecified atom stereocenters. The van der Waals surface area contributed by atoms with Gasteiger partial charge in [-0.2, -0.15) is 0 Å². The first kappa shape index (κ1) is 13.0. The van der Waals surface area contributed by atoms with Crippen molar-refractivity contribution in [3.05, 3.63) is 0 Å². The van der Waals surface area contributed by atoms with Crippen LogP contribution in [0, 0.1) is 11.8 Å². The van der Waals surface area contributed by atoms with E-state index in [9.17, 15) is 0 Å². The zero-order chi connectivity index (χ0) is 11.4. The van der Waals surface area contributed by atoms with Crippen LogP contribution in [0.2, 0.25) is 0 Å². The van der Waals surface area contributed by atoms with Gasteiger partial charge in [-0.1, -0.05) is 13.8 Å². The molecule has 0 amide bonds. The average molecular weight is 212 g/mol. The van der Waals surface area contributed by atoms with Crippen molar-refractivity contribution in [2.75, 3.05) is 33.7 Å². The second-order valence-electron chi connectivity index (χ2n) is 5.73. The molecule has 0 aromatic rings. The minimum Gasteiger partial charge on any atom is -0.309 e. The summed E-state index contributed by atoms with van der Waals surface area (Å²) >= 11 is 0. The van der Waals surface area contributed by atoms with Gasteiger partial charge in [-0.15, -0.1) is 0 Å². The monoisotopic (exact) mass is 212 g/mol. The lowest BCUT2D eigenvalue weighted by Crippen LogP contribution is -2.43. The number of likely N-dealkylation sites (tertiary alicyclic amines) is 1. The Labute approximate surface area is 95.6 Å². The molecule has 1 aliphatic rings. The van der Waals surface area contributed by atoms with Crippen molar-refractivity contribution in [1.29, 1.82) is 0 Å². The molecule has 1 atom stereocenters. The van der Waals surface area contributed by atoms with Crippen LogP contribution in [0.25, 0.3) is 0 Å². The maximum atomic E-state index is 2.66. The number of hydrogen-bond donors (Lipinski definition) is 0. The molecule has 0 spiro atoms. The molecule has 0 bridgehead atoms. The fraction of sp³-hybridized carbons (Fsp3) is 1.00. The van der Waals surface area contributed by atoms with Gasteiger partial charge in [0.15, 0.2) is 0 Å². The van der Waals surface area contributed by atoms with E-state index in [-0.39, 0.29) is 0 Å². The number of nitrogens with zero attached hydrogens (tertiary/aromatic N) is 2. The molecule has 1 rings (SSSR count). The summed E-state index contributed by atoms with van der Waals surface area (Å²) in [5.41, 5.74) is 0. The molecule has 0 aliphatic carbocycles. The van der Waals surface area contributed by atoms with Crippen LogP contribution in [-0.2, 0) is 0 Å². The van der Waals surface area contributed by atoms with Crippen LogP contribution >= 0.6 is 0 Å². The standard InChI is InChI=1S/C13H28N2/c1-11(2)12(3)15-8-6-13(7-9-15)10-14(4)5/h11-13H,6-10H2,1-5H3. The lowest BCUT2D eigenvalue weighted by atomic mass is 9.93. The molecule has 1 saturated heterocycles. The van der Waals surface area contributed by atoms with Crippen molar-refractivity contribution < 1.29 is 0 Å². The van der Waals surface area contributed by atoms with Gasteiger partial charge in [0.25, 0.3) is 0 Å². The molecule has 1 heterocycles. The molecule has 0 saturated carbocycles. The van der Waals surface area contributed by atoms with E-state index in [0.717, 1.165) is 17.9 Å². The SMILES string of the molecule is CC(C)C(C)N1CCC(CN(C)C)CC1. The third kappa shape index (κ3) is 4.12. The van der Waals surface area contributed by atoms with Gasteiger partial charge in [-0.25, -0.2) is 0 Å². The quantitative estimate of drug-likeness (QED) is 0.705. The minimum absolute atomic E-state index is 0.755. The maximum absolute atomic E-state index is 2.66. The molecule has 0 N–H and O–H groups in total. The highest BCUT2D eigenvalue weighted by molar-refractivity contribution is 4.78. The van der Waals surface area contributed by atoms with E-state index in [1.54, 1.807) is 0 Å². The van der Waals surface area contributed by atoms with E-state index in [1.807, 2.05) is 0 Å². The molecule has 2 nitrogen and oxygen atoms in total. The average Bonchev–Trinajstić information content (AvgIpc) is 2.17. The Kier molecular flexibility index (Phi) is 5.07. The predicted molar refractivity (Wildman–Crippen MR) is 67.2 cm³/mol. The molecule has 0 aromatic heterocycles. The van der Waals surface area contributed by atoms with Gasteiger partial charge in [0.1, 0.15) is 0 Å². The van der Waals surface area contributed by atoms with Gasteiger partial charge < -0.3 is 9.80 Å². The van der Waals surface area contributed by atoms with Crippen molar-refractivity contribution in [2.45, 2.75) is 39.7 Å². The molecule has 1 fully saturated rings. The fourth-order valence-electron chi connectivity index (χ4n) is 2.48. The van der Waals surface area contributed by atoms with E-state index in [4.69, 9.17) is 0 Å². The molecule has 2 heteroatoms. The highest BCUT2D eigenvalue weighted by Gasteiger charge is 2.24. The van der Waals surface area contributed by atoms with Gasteiger partial charge >= 0.3 is 0 Å². The maximum Gasteiger partial charge on any atom is 0.00899 e. The summed E-state index contributed by atoms with van der Waals surface area (Å²) < 4.78 is 0. The van der Waals surface area contributed by atoms with Gasteiger partial charge in [0, 0.05) is 12.6 Å². The number of piperidine rings is 1. The zero-order valence-electron chi connectivity index (χ0n) is 11.2. The van der Waals surface area contributed by atoms with E-state index >= 15 is 0 Å². The summed E-state index contributed by atoms with van der Waals surface area (Å²) in [5.74, 6) is 1.71. The van der Waals surface area contributed by atoms with Crippen LogP contribution in [0.4, 0.5) is 0 Å². The Morgan fingerprint density at radius 2 is 1.67 bits per heavy atom. The molecular formula is C13H28N2. The molecule has 0 radical (unpaired) electrons. The Bertz CT molecular complexity index is 169. The summed E-state index contributed by atoms with van der Waals surface area (Å²) in [5, 5.41) is 0. The predicted octanol–water partition coefficient (Wildman–Crippen LogP) is 2.30. The zero-order valence-corrected chi connectivity index (χ0v) is 11.2. The lowest BCUT2D eigenvalue weighted by molar-refractivity contribution is 0.105. The summed E-state index contributed by atoms with van der Waals surface area (Å²) in [4.78, 5) is 4.99. The van der Waals surface area contributed by atoms with Crippen molar-refractivity contribution in [1.82, 2.24) is 9.80 Å². The van der Waals surface area contributed by atoms with Crippen molar-refractivity contribution in [2.24, 2.45) is 11.8 Å². The highest BCUT2D eigenvalue weighted by atomic mass is 15.2.